The van der Waals surface area contributed by atoms with Crippen molar-refractivity contribution < 1.29 is 14.3 Å². The van der Waals surface area contributed by atoms with Crippen LogP contribution in [0.25, 0.3) is 0 Å². The van der Waals surface area contributed by atoms with E-state index in [0.29, 0.717) is 25.5 Å². The molecule has 1 aliphatic heterocycles. The monoisotopic (exact) mass is 443 g/mol. The fourth-order valence-electron chi connectivity index (χ4n) is 6.03. The maximum Gasteiger partial charge on any atom is 0.308 e. The third-order valence-electron chi connectivity index (χ3n) is 8.19. The summed E-state index contributed by atoms with van der Waals surface area (Å²) in [4.78, 5) is 27.2. The van der Waals surface area contributed by atoms with Gasteiger partial charge in [0.25, 0.3) is 0 Å². The Morgan fingerprint density at radius 1 is 1.03 bits per heavy atom. The predicted octanol–water partition coefficient (Wildman–Crippen LogP) is 4.66. The van der Waals surface area contributed by atoms with Crippen molar-refractivity contribution in [1.82, 2.24) is 14.7 Å². The van der Waals surface area contributed by atoms with Crippen molar-refractivity contribution in [3.05, 3.63) is 17.0 Å². The van der Waals surface area contributed by atoms with E-state index in [1.165, 1.54) is 36.9 Å². The first-order valence-electron chi connectivity index (χ1n) is 12.9. The van der Waals surface area contributed by atoms with Gasteiger partial charge in [-0.1, -0.05) is 19.8 Å². The predicted molar refractivity (Wildman–Crippen MR) is 124 cm³/mol. The molecule has 2 saturated carbocycles. The van der Waals surface area contributed by atoms with Crippen molar-refractivity contribution >= 4 is 11.9 Å². The number of aromatic nitrogens is 2. The van der Waals surface area contributed by atoms with E-state index in [2.05, 4.69) is 23.4 Å². The molecule has 2 fully saturated rings. The average Bonchev–Trinajstić information content (AvgIpc) is 3.10. The van der Waals surface area contributed by atoms with Crippen molar-refractivity contribution in [1.29, 1.82) is 0 Å². The molecule has 0 unspecified atom stereocenters. The minimum atomic E-state index is -0.0584. The summed E-state index contributed by atoms with van der Waals surface area (Å²) in [7, 11) is 0. The lowest BCUT2D eigenvalue weighted by atomic mass is 9.80. The average molecular weight is 444 g/mol. The number of carbonyl (C=O) groups is 2. The van der Waals surface area contributed by atoms with Crippen LogP contribution in [0.2, 0.25) is 0 Å². The number of hydrogen-bond donors (Lipinski definition) is 0. The third kappa shape index (κ3) is 5.37. The van der Waals surface area contributed by atoms with Crippen molar-refractivity contribution in [2.45, 2.75) is 98.1 Å². The van der Waals surface area contributed by atoms with Crippen molar-refractivity contribution in [2.24, 2.45) is 23.7 Å². The first-order valence-corrected chi connectivity index (χ1v) is 12.9. The van der Waals surface area contributed by atoms with Crippen LogP contribution in [0.5, 0.6) is 0 Å². The zero-order chi connectivity index (χ0) is 22.7. The van der Waals surface area contributed by atoms with Gasteiger partial charge in [-0.25, -0.2) is 0 Å². The van der Waals surface area contributed by atoms with E-state index in [0.717, 1.165) is 62.7 Å². The minimum absolute atomic E-state index is 0.0268. The van der Waals surface area contributed by atoms with Crippen LogP contribution in [0.15, 0.2) is 0 Å². The van der Waals surface area contributed by atoms with Gasteiger partial charge < -0.3 is 9.64 Å². The van der Waals surface area contributed by atoms with Crippen LogP contribution < -0.4 is 0 Å². The van der Waals surface area contributed by atoms with Crippen LogP contribution in [0, 0.1) is 30.6 Å². The van der Waals surface area contributed by atoms with E-state index in [-0.39, 0.29) is 17.8 Å². The number of carbonyl (C=O) groups excluding carboxylic acids is 2. The topological polar surface area (TPSA) is 64.4 Å². The third-order valence-corrected chi connectivity index (χ3v) is 8.19. The number of esters is 1. The lowest BCUT2D eigenvalue weighted by Gasteiger charge is -2.32. The minimum Gasteiger partial charge on any atom is -0.466 e. The summed E-state index contributed by atoms with van der Waals surface area (Å²) in [6.45, 7) is 9.30. The first kappa shape index (κ1) is 23.3. The molecule has 2 heterocycles. The molecule has 32 heavy (non-hydrogen) atoms. The molecule has 1 aromatic rings. The molecule has 178 valence electrons. The number of hydrogen-bond acceptors (Lipinski definition) is 4. The van der Waals surface area contributed by atoms with Gasteiger partial charge >= 0.3 is 5.97 Å². The summed E-state index contributed by atoms with van der Waals surface area (Å²) in [6, 6.07) is 0. The molecule has 4 rings (SSSR count). The summed E-state index contributed by atoms with van der Waals surface area (Å²) < 4.78 is 7.41. The normalized spacial score (nSPS) is 28.3. The summed E-state index contributed by atoms with van der Waals surface area (Å²) in [5.74, 6) is 2.21. The van der Waals surface area contributed by atoms with Gasteiger partial charge in [-0.2, -0.15) is 5.10 Å². The Bertz CT molecular complexity index is 801. The molecule has 0 bridgehead atoms. The second-order valence-electron chi connectivity index (χ2n) is 10.6. The van der Waals surface area contributed by atoms with E-state index in [9.17, 15) is 9.59 Å². The van der Waals surface area contributed by atoms with Crippen LogP contribution in [0.4, 0.5) is 0 Å². The number of fused-ring (bicyclic) bond motifs is 1. The molecular weight excluding hydrogens is 402 g/mol. The molecule has 2 aliphatic carbocycles. The zero-order valence-corrected chi connectivity index (χ0v) is 20.3. The number of aryl methyl sites for hydroxylation is 1. The van der Waals surface area contributed by atoms with E-state index in [1.807, 2.05) is 6.92 Å². The first-order chi connectivity index (χ1) is 15.4. The van der Waals surface area contributed by atoms with Crippen LogP contribution in [-0.2, 0) is 33.8 Å². The van der Waals surface area contributed by atoms with E-state index in [4.69, 9.17) is 9.84 Å². The number of nitrogens with zero attached hydrogens (tertiary/aromatic N) is 3. The molecule has 0 saturated heterocycles. The Labute approximate surface area is 193 Å². The second kappa shape index (κ2) is 10.4. The van der Waals surface area contributed by atoms with Gasteiger partial charge in [-0.15, -0.1) is 0 Å². The Hall–Kier alpha value is -1.85. The Kier molecular flexibility index (Phi) is 7.57. The molecule has 1 amide bonds. The molecular formula is C26H41N3O3. The van der Waals surface area contributed by atoms with Gasteiger partial charge in [0.05, 0.1) is 30.5 Å². The lowest BCUT2D eigenvalue weighted by Crippen LogP contribution is -2.38. The Morgan fingerprint density at radius 3 is 2.41 bits per heavy atom. The van der Waals surface area contributed by atoms with Crippen molar-refractivity contribution in [2.75, 3.05) is 13.2 Å². The maximum atomic E-state index is 13.1. The number of rotatable bonds is 6. The van der Waals surface area contributed by atoms with Gasteiger partial charge in [-0.05, 0) is 82.1 Å². The smallest absolute Gasteiger partial charge is 0.308 e. The van der Waals surface area contributed by atoms with Gasteiger partial charge in [-0.3, -0.25) is 14.3 Å². The molecule has 0 N–H and O–H groups in total. The molecule has 3 aliphatic rings. The summed E-state index contributed by atoms with van der Waals surface area (Å²) in [5.41, 5.74) is 3.79. The summed E-state index contributed by atoms with van der Waals surface area (Å²) in [5, 5.41) is 4.89. The standard InChI is InChI=1S/C26H41N3O3/c1-4-32-26(31)22-11-9-20(10-12-22)15-25(30)28-14-13-23-19(3)27-29(24(23)17-28)16-21-7-5-18(2)6-8-21/h18,20-22H,4-17H2,1-3H3/t18?,20-,21?,22-. The van der Waals surface area contributed by atoms with Gasteiger partial charge in [0.1, 0.15) is 0 Å². The van der Waals surface area contributed by atoms with E-state index < -0.39 is 0 Å². The van der Waals surface area contributed by atoms with Crippen LogP contribution in [0.3, 0.4) is 0 Å². The quantitative estimate of drug-likeness (QED) is 0.600. The van der Waals surface area contributed by atoms with Crippen LogP contribution >= 0.6 is 0 Å². The maximum absolute atomic E-state index is 13.1. The molecule has 0 aromatic carbocycles. The highest BCUT2D eigenvalue weighted by atomic mass is 16.5. The van der Waals surface area contributed by atoms with Gasteiger partial charge in [0.15, 0.2) is 0 Å². The SMILES string of the molecule is CCOC(=O)[C@H]1CC[C@H](CC(=O)N2CCc3c(C)nn(CC4CCC(C)CC4)c3C2)CC1. The molecule has 0 radical (unpaired) electrons. The number of amides is 1. The highest BCUT2D eigenvalue weighted by Gasteiger charge is 2.32. The molecule has 6 nitrogen and oxygen atoms in total. The Morgan fingerprint density at radius 2 is 1.72 bits per heavy atom. The van der Waals surface area contributed by atoms with E-state index in [1.54, 1.807) is 0 Å². The molecule has 0 atom stereocenters. The number of ether oxygens (including phenoxy) is 1. The molecule has 6 heteroatoms. The summed E-state index contributed by atoms with van der Waals surface area (Å²) in [6.07, 6.45) is 10.4. The van der Waals surface area contributed by atoms with Crippen LogP contribution in [-0.4, -0.2) is 39.7 Å². The fraction of sp³-hybridized carbons (Fsp3) is 0.808. The lowest BCUT2D eigenvalue weighted by molar-refractivity contribution is -0.149. The highest BCUT2D eigenvalue weighted by Crippen LogP contribution is 2.34. The largest absolute Gasteiger partial charge is 0.466 e. The van der Waals surface area contributed by atoms with Gasteiger partial charge in [0.2, 0.25) is 5.91 Å². The summed E-state index contributed by atoms with van der Waals surface area (Å²) >= 11 is 0. The second-order valence-corrected chi connectivity index (χ2v) is 10.6. The van der Waals surface area contributed by atoms with Crippen LogP contribution in [0.1, 0.15) is 88.6 Å². The molecule has 0 spiro atoms. The van der Waals surface area contributed by atoms with E-state index >= 15 is 0 Å². The van der Waals surface area contributed by atoms with Gasteiger partial charge in [0, 0.05) is 19.5 Å². The van der Waals surface area contributed by atoms with Crippen molar-refractivity contribution in [3.8, 4) is 0 Å². The zero-order valence-electron chi connectivity index (χ0n) is 20.3. The Balaban J connectivity index is 1.32. The molecule has 1 aromatic heterocycles. The van der Waals surface area contributed by atoms with Crippen molar-refractivity contribution in [3.63, 3.8) is 0 Å². The fourth-order valence-corrected chi connectivity index (χ4v) is 6.03. The highest BCUT2D eigenvalue weighted by molar-refractivity contribution is 5.77.